The van der Waals surface area contributed by atoms with Crippen molar-refractivity contribution in [2.45, 2.75) is 25.9 Å². The topological polar surface area (TPSA) is 87.9 Å². The van der Waals surface area contributed by atoms with Crippen molar-refractivity contribution in [1.82, 2.24) is 10.2 Å². The standard InChI is InChI=1S/C16H12F4N4O2S/c1-2-12-23-24-15(27-12)22-13(25)10(8-21)7-9-3-5-11(6-4-9)26-16(19,20)14(17)18/h3-7,14H,2H2,1H3,(H,22,24,25). The van der Waals surface area contributed by atoms with Gasteiger partial charge >= 0.3 is 12.5 Å². The first-order valence-electron chi connectivity index (χ1n) is 7.45. The summed E-state index contributed by atoms with van der Waals surface area (Å²) in [6.07, 6.45) is -6.74. The van der Waals surface area contributed by atoms with E-state index in [0.717, 1.165) is 12.1 Å². The second kappa shape index (κ2) is 8.59. The summed E-state index contributed by atoms with van der Waals surface area (Å²) >= 11 is 1.17. The zero-order valence-corrected chi connectivity index (χ0v) is 14.6. The first kappa shape index (κ1) is 20.3. The van der Waals surface area contributed by atoms with Gasteiger partial charge in [0.25, 0.3) is 5.91 Å². The molecule has 1 N–H and O–H groups in total. The minimum atomic E-state index is -4.62. The van der Waals surface area contributed by atoms with E-state index in [1.807, 2.05) is 6.92 Å². The van der Waals surface area contributed by atoms with E-state index in [1.54, 1.807) is 6.07 Å². The zero-order chi connectivity index (χ0) is 20.0. The molecule has 27 heavy (non-hydrogen) atoms. The molecule has 0 unspecified atom stereocenters. The van der Waals surface area contributed by atoms with E-state index in [0.29, 0.717) is 17.0 Å². The molecule has 142 valence electrons. The Bertz CT molecular complexity index is 875. The van der Waals surface area contributed by atoms with Crippen molar-refractivity contribution in [3.8, 4) is 11.8 Å². The van der Waals surface area contributed by atoms with Crippen LogP contribution in [0.25, 0.3) is 6.08 Å². The second-order valence-corrected chi connectivity index (χ2v) is 6.07. The number of carbonyl (C=O) groups is 1. The van der Waals surface area contributed by atoms with Gasteiger partial charge in [0.05, 0.1) is 0 Å². The van der Waals surface area contributed by atoms with Crippen LogP contribution in [0.4, 0.5) is 22.7 Å². The zero-order valence-electron chi connectivity index (χ0n) is 13.7. The Balaban J connectivity index is 2.10. The Morgan fingerprint density at radius 3 is 2.56 bits per heavy atom. The molecule has 1 aromatic heterocycles. The summed E-state index contributed by atoms with van der Waals surface area (Å²) in [5, 5.41) is 20.1. The number of aromatic nitrogens is 2. The molecular formula is C16H12F4N4O2S. The number of ether oxygens (including phenoxy) is 1. The van der Waals surface area contributed by atoms with Gasteiger partial charge in [0, 0.05) is 0 Å². The van der Waals surface area contributed by atoms with Gasteiger partial charge in [0.1, 0.15) is 22.4 Å². The van der Waals surface area contributed by atoms with Crippen molar-refractivity contribution in [3.05, 3.63) is 40.4 Å². The molecule has 0 saturated carbocycles. The summed E-state index contributed by atoms with van der Waals surface area (Å²) in [6, 6.07) is 6.23. The molecule has 0 aliphatic carbocycles. The van der Waals surface area contributed by atoms with Gasteiger partial charge in [-0.25, -0.2) is 0 Å². The van der Waals surface area contributed by atoms with Crippen LogP contribution in [0.1, 0.15) is 17.5 Å². The fourth-order valence-electron chi connectivity index (χ4n) is 1.76. The molecule has 11 heteroatoms. The van der Waals surface area contributed by atoms with Gasteiger partial charge in [-0.3, -0.25) is 10.1 Å². The van der Waals surface area contributed by atoms with Crippen LogP contribution in [0, 0.1) is 11.3 Å². The Morgan fingerprint density at radius 1 is 1.37 bits per heavy atom. The van der Waals surface area contributed by atoms with Crippen LogP contribution in [0.2, 0.25) is 0 Å². The molecule has 0 bridgehead atoms. The molecule has 0 aliphatic heterocycles. The molecule has 1 heterocycles. The number of carbonyl (C=O) groups excluding carboxylic acids is 1. The van der Waals surface area contributed by atoms with Crippen molar-refractivity contribution < 1.29 is 27.1 Å². The highest BCUT2D eigenvalue weighted by Crippen LogP contribution is 2.27. The van der Waals surface area contributed by atoms with Crippen LogP contribution in [0.3, 0.4) is 0 Å². The summed E-state index contributed by atoms with van der Waals surface area (Å²) in [5.74, 6) is -1.21. The van der Waals surface area contributed by atoms with Gasteiger partial charge in [-0.15, -0.1) is 10.2 Å². The first-order chi connectivity index (χ1) is 12.7. The first-order valence-corrected chi connectivity index (χ1v) is 8.27. The number of anilines is 1. The molecule has 0 spiro atoms. The number of nitriles is 1. The number of amides is 1. The van der Waals surface area contributed by atoms with Crippen molar-refractivity contribution >= 4 is 28.5 Å². The fraction of sp³-hybridized carbons (Fsp3) is 0.250. The van der Waals surface area contributed by atoms with Crippen LogP contribution in [-0.4, -0.2) is 28.6 Å². The lowest BCUT2D eigenvalue weighted by atomic mass is 10.1. The van der Waals surface area contributed by atoms with Crippen molar-refractivity contribution in [3.63, 3.8) is 0 Å². The predicted octanol–water partition coefficient (Wildman–Crippen LogP) is 3.88. The predicted molar refractivity (Wildman–Crippen MR) is 89.5 cm³/mol. The Morgan fingerprint density at radius 2 is 2.04 bits per heavy atom. The van der Waals surface area contributed by atoms with Crippen LogP contribution in [0.15, 0.2) is 29.8 Å². The summed E-state index contributed by atoms with van der Waals surface area (Å²) in [5.41, 5.74) is 0.0377. The lowest BCUT2D eigenvalue weighted by Crippen LogP contribution is -2.33. The number of hydrogen-bond acceptors (Lipinski definition) is 6. The highest BCUT2D eigenvalue weighted by molar-refractivity contribution is 7.15. The molecule has 1 aromatic carbocycles. The molecule has 6 nitrogen and oxygen atoms in total. The molecule has 0 atom stereocenters. The van der Waals surface area contributed by atoms with E-state index in [1.165, 1.54) is 29.5 Å². The molecule has 0 saturated heterocycles. The van der Waals surface area contributed by atoms with Crippen LogP contribution < -0.4 is 10.1 Å². The van der Waals surface area contributed by atoms with Gasteiger partial charge in [-0.05, 0) is 30.2 Å². The summed E-state index contributed by atoms with van der Waals surface area (Å²) in [4.78, 5) is 12.1. The number of benzene rings is 1. The summed E-state index contributed by atoms with van der Waals surface area (Å²) < 4.78 is 53.8. The maximum Gasteiger partial charge on any atom is 0.461 e. The van der Waals surface area contributed by atoms with Crippen LogP contribution in [0.5, 0.6) is 5.75 Å². The highest BCUT2D eigenvalue weighted by atomic mass is 32.1. The molecule has 0 radical (unpaired) electrons. The van der Waals surface area contributed by atoms with E-state index < -0.39 is 24.2 Å². The molecule has 2 rings (SSSR count). The summed E-state index contributed by atoms with van der Waals surface area (Å²) in [6.45, 7) is 1.87. The lowest BCUT2D eigenvalue weighted by molar-refractivity contribution is -0.253. The highest BCUT2D eigenvalue weighted by Gasteiger charge is 2.43. The number of nitrogens with one attached hydrogen (secondary N) is 1. The van der Waals surface area contributed by atoms with Crippen LogP contribution in [-0.2, 0) is 11.2 Å². The minimum Gasteiger partial charge on any atom is -0.428 e. The Kier molecular flexibility index (Phi) is 6.46. The maximum atomic E-state index is 12.8. The Hall–Kier alpha value is -3.00. The minimum absolute atomic E-state index is 0.232. The van der Waals surface area contributed by atoms with Gasteiger partial charge in [0.2, 0.25) is 5.13 Å². The van der Waals surface area contributed by atoms with Gasteiger partial charge in [-0.1, -0.05) is 30.4 Å². The third-order valence-electron chi connectivity index (χ3n) is 3.05. The van der Waals surface area contributed by atoms with E-state index in [4.69, 9.17) is 5.26 Å². The average Bonchev–Trinajstić information content (AvgIpc) is 3.08. The second-order valence-electron chi connectivity index (χ2n) is 5.01. The van der Waals surface area contributed by atoms with E-state index in [2.05, 4.69) is 20.3 Å². The third-order valence-corrected chi connectivity index (χ3v) is 4.04. The van der Waals surface area contributed by atoms with Gasteiger partial charge in [-0.2, -0.15) is 22.8 Å². The van der Waals surface area contributed by atoms with Crippen molar-refractivity contribution in [2.24, 2.45) is 0 Å². The molecule has 0 aliphatic rings. The maximum absolute atomic E-state index is 12.8. The monoisotopic (exact) mass is 400 g/mol. The van der Waals surface area contributed by atoms with E-state index in [9.17, 15) is 22.4 Å². The molecule has 0 fully saturated rings. The molecule has 2 aromatic rings. The SMILES string of the molecule is CCc1nnc(NC(=O)C(C#N)=Cc2ccc(OC(F)(F)C(F)F)cc2)s1. The Labute approximate surface area is 155 Å². The molecule has 1 amide bonds. The molecular weight excluding hydrogens is 388 g/mol. The third kappa shape index (κ3) is 5.49. The van der Waals surface area contributed by atoms with Gasteiger partial charge < -0.3 is 4.74 Å². The number of alkyl halides is 4. The normalized spacial score (nSPS) is 12.0. The largest absolute Gasteiger partial charge is 0.461 e. The van der Waals surface area contributed by atoms with E-state index in [-0.39, 0.29) is 10.7 Å². The van der Waals surface area contributed by atoms with Crippen molar-refractivity contribution in [2.75, 3.05) is 5.32 Å². The number of rotatable bonds is 7. The smallest absolute Gasteiger partial charge is 0.428 e. The quantitative estimate of drug-likeness (QED) is 0.433. The number of nitrogens with zero attached hydrogens (tertiary/aromatic N) is 3. The van der Waals surface area contributed by atoms with Crippen molar-refractivity contribution in [1.29, 1.82) is 5.26 Å². The van der Waals surface area contributed by atoms with Gasteiger partial charge in [0.15, 0.2) is 0 Å². The summed E-state index contributed by atoms with van der Waals surface area (Å²) in [7, 11) is 0. The van der Waals surface area contributed by atoms with Crippen LogP contribution >= 0.6 is 11.3 Å². The number of aryl methyl sites for hydroxylation is 1. The number of halogens is 4. The fourth-order valence-corrected chi connectivity index (χ4v) is 2.44. The number of hydrogen-bond donors (Lipinski definition) is 1. The average molecular weight is 400 g/mol. The van der Waals surface area contributed by atoms with E-state index >= 15 is 0 Å². The lowest BCUT2D eigenvalue weighted by Gasteiger charge is -2.16.